The van der Waals surface area contributed by atoms with Gasteiger partial charge in [0, 0.05) is 24.1 Å². The Bertz CT molecular complexity index is 1490. The minimum Gasteiger partial charge on any atom is -0.421 e. The van der Waals surface area contributed by atoms with Crippen molar-refractivity contribution in [2.75, 3.05) is 5.32 Å². The average molecular weight is 459 g/mol. The van der Waals surface area contributed by atoms with E-state index in [2.05, 4.69) is 25.5 Å². The van der Waals surface area contributed by atoms with E-state index in [1.54, 1.807) is 18.2 Å². The average Bonchev–Trinajstić information content (AvgIpc) is 3.47. The second-order valence-corrected chi connectivity index (χ2v) is 7.86. The predicted molar refractivity (Wildman–Crippen MR) is 123 cm³/mol. The highest BCUT2D eigenvalue weighted by molar-refractivity contribution is 5.93. The third-order valence-corrected chi connectivity index (χ3v) is 5.28. The van der Waals surface area contributed by atoms with Gasteiger partial charge >= 0.3 is 0 Å². The highest BCUT2D eigenvalue weighted by atomic mass is 19.1. The van der Waals surface area contributed by atoms with E-state index in [1.165, 1.54) is 0 Å². The van der Waals surface area contributed by atoms with Crippen molar-refractivity contribution in [3.8, 4) is 22.8 Å². The summed E-state index contributed by atoms with van der Waals surface area (Å²) < 4.78 is 33.3. The summed E-state index contributed by atoms with van der Waals surface area (Å²) in [4.78, 5) is 19.7. The first-order chi connectivity index (χ1) is 16.4. The third-order valence-electron chi connectivity index (χ3n) is 5.28. The fourth-order valence-corrected chi connectivity index (χ4v) is 3.51. The Labute approximate surface area is 192 Å². The zero-order valence-electron chi connectivity index (χ0n) is 18.1. The number of hydrogen-bond donors (Lipinski definition) is 2. The lowest BCUT2D eigenvalue weighted by Crippen LogP contribution is -2.12. The van der Waals surface area contributed by atoms with Crippen molar-refractivity contribution >= 4 is 22.6 Å². The number of H-pyrrole nitrogens is 1. The van der Waals surface area contributed by atoms with E-state index in [0.29, 0.717) is 34.9 Å². The maximum absolute atomic E-state index is 14.1. The van der Waals surface area contributed by atoms with E-state index >= 15 is 0 Å². The van der Waals surface area contributed by atoms with Crippen LogP contribution in [-0.4, -0.2) is 26.1 Å². The summed E-state index contributed by atoms with van der Waals surface area (Å²) in [6, 6.07) is 16.0. The van der Waals surface area contributed by atoms with Crippen molar-refractivity contribution in [2.24, 2.45) is 0 Å². The van der Waals surface area contributed by atoms with Crippen LogP contribution in [0, 0.1) is 18.6 Å². The standard InChI is InChI=1S/C25H19F2N5O2/c1-14-2-4-15(5-3-14)25-32-31-23(34-25)11-10-22(33)28-17-7-9-20-21(13-17)30-24(29-20)18-12-16(26)6-8-19(18)27/h2-9,12-13H,10-11H2,1H3,(H,28,33)(H,29,30). The minimum atomic E-state index is -0.583. The van der Waals surface area contributed by atoms with Crippen LogP contribution in [0.1, 0.15) is 17.9 Å². The molecule has 7 nitrogen and oxygen atoms in total. The van der Waals surface area contributed by atoms with Gasteiger partial charge in [-0.25, -0.2) is 13.8 Å². The van der Waals surface area contributed by atoms with E-state index in [4.69, 9.17) is 4.42 Å². The molecular formula is C25H19F2N5O2. The second kappa shape index (κ2) is 8.86. The lowest BCUT2D eigenvalue weighted by atomic mass is 10.1. The second-order valence-electron chi connectivity index (χ2n) is 7.86. The van der Waals surface area contributed by atoms with Crippen LogP contribution in [-0.2, 0) is 11.2 Å². The van der Waals surface area contributed by atoms with Crippen LogP contribution in [0.4, 0.5) is 14.5 Å². The Kier molecular flexibility index (Phi) is 5.59. The molecule has 9 heteroatoms. The number of amides is 1. The van der Waals surface area contributed by atoms with Crippen molar-refractivity contribution < 1.29 is 18.0 Å². The normalized spacial score (nSPS) is 11.1. The quantitative estimate of drug-likeness (QED) is 0.353. The number of fused-ring (bicyclic) bond motifs is 1. The Morgan fingerprint density at radius 3 is 2.68 bits per heavy atom. The summed E-state index contributed by atoms with van der Waals surface area (Å²) in [7, 11) is 0. The number of carbonyl (C=O) groups is 1. The highest BCUT2D eigenvalue weighted by Gasteiger charge is 2.13. The first kappa shape index (κ1) is 21.4. The third kappa shape index (κ3) is 4.54. The summed E-state index contributed by atoms with van der Waals surface area (Å²) in [6.45, 7) is 1.99. The van der Waals surface area contributed by atoms with E-state index in [1.807, 2.05) is 31.2 Å². The summed E-state index contributed by atoms with van der Waals surface area (Å²) in [5.74, 6) is -0.388. The van der Waals surface area contributed by atoms with Crippen LogP contribution in [0.5, 0.6) is 0 Å². The molecule has 5 aromatic rings. The number of aromatic nitrogens is 4. The number of nitrogens with one attached hydrogen (secondary N) is 2. The van der Waals surface area contributed by atoms with Crippen LogP contribution in [0.3, 0.4) is 0 Å². The van der Waals surface area contributed by atoms with Crippen LogP contribution in [0.25, 0.3) is 33.9 Å². The molecule has 0 fully saturated rings. The molecule has 170 valence electrons. The van der Waals surface area contributed by atoms with Gasteiger partial charge in [0.15, 0.2) is 0 Å². The minimum absolute atomic E-state index is 0.0337. The molecule has 0 spiro atoms. The van der Waals surface area contributed by atoms with Crippen LogP contribution in [0.15, 0.2) is 65.1 Å². The number of anilines is 1. The van der Waals surface area contributed by atoms with Crippen LogP contribution in [0.2, 0.25) is 0 Å². The van der Waals surface area contributed by atoms with Gasteiger partial charge in [0.2, 0.25) is 17.7 Å². The number of benzene rings is 3. The van der Waals surface area contributed by atoms with Gasteiger partial charge in [-0.1, -0.05) is 17.7 Å². The molecule has 0 bridgehead atoms. The molecule has 5 rings (SSSR count). The maximum Gasteiger partial charge on any atom is 0.247 e. The van der Waals surface area contributed by atoms with Crippen LogP contribution < -0.4 is 5.32 Å². The Morgan fingerprint density at radius 1 is 1.03 bits per heavy atom. The first-order valence-corrected chi connectivity index (χ1v) is 10.6. The largest absolute Gasteiger partial charge is 0.421 e. The lowest BCUT2D eigenvalue weighted by molar-refractivity contribution is -0.116. The predicted octanol–water partition coefficient (Wildman–Crippen LogP) is 5.44. The fraction of sp³-hybridized carbons (Fsp3) is 0.120. The molecule has 0 saturated carbocycles. The molecule has 34 heavy (non-hydrogen) atoms. The first-order valence-electron chi connectivity index (χ1n) is 10.6. The number of hydrogen-bond acceptors (Lipinski definition) is 5. The summed E-state index contributed by atoms with van der Waals surface area (Å²) in [6.07, 6.45) is 0.441. The molecule has 0 aliphatic heterocycles. The zero-order valence-corrected chi connectivity index (χ0v) is 18.1. The molecule has 0 unspecified atom stereocenters. The SMILES string of the molecule is Cc1ccc(-c2nnc(CCC(=O)Nc3ccc4nc(-c5cc(F)ccc5F)[nH]c4c3)o2)cc1. The van der Waals surface area contributed by atoms with Gasteiger partial charge in [-0.15, -0.1) is 10.2 Å². The lowest BCUT2D eigenvalue weighted by Gasteiger charge is -2.04. The van der Waals surface area contributed by atoms with Gasteiger partial charge in [-0.2, -0.15) is 0 Å². The zero-order chi connectivity index (χ0) is 23.7. The number of carbonyl (C=O) groups excluding carboxylic acids is 1. The van der Waals surface area contributed by atoms with E-state index in [-0.39, 0.29) is 23.7 Å². The van der Waals surface area contributed by atoms with Crippen molar-refractivity contribution in [1.82, 2.24) is 20.2 Å². The van der Waals surface area contributed by atoms with E-state index in [9.17, 15) is 13.6 Å². The molecule has 0 aliphatic rings. The molecule has 0 aliphatic carbocycles. The smallest absolute Gasteiger partial charge is 0.247 e. The molecule has 2 heterocycles. The van der Waals surface area contributed by atoms with Gasteiger partial charge in [-0.05, 0) is 55.5 Å². The highest BCUT2D eigenvalue weighted by Crippen LogP contribution is 2.26. The Morgan fingerprint density at radius 2 is 1.85 bits per heavy atom. The van der Waals surface area contributed by atoms with Gasteiger partial charge < -0.3 is 14.7 Å². The summed E-state index contributed by atoms with van der Waals surface area (Å²) in [5, 5.41) is 10.9. The van der Waals surface area contributed by atoms with Crippen molar-refractivity contribution in [3.63, 3.8) is 0 Å². The molecular weight excluding hydrogens is 440 g/mol. The summed E-state index contributed by atoms with van der Waals surface area (Å²) >= 11 is 0. The maximum atomic E-state index is 14.1. The number of aromatic amines is 1. The van der Waals surface area contributed by atoms with Gasteiger partial charge in [0.25, 0.3) is 0 Å². The fourth-order valence-electron chi connectivity index (χ4n) is 3.51. The molecule has 0 radical (unpaired) electrons. The number of imidazole rings is 1. The molecule has 2 aromatic heterocycles. The van der Waals surface area contributed by atoms with Crippen molar-refractivity contribution in [1.29, 1.82) is 0 Å². The van der Waals surface area contributed by atoms with Crippen LogP contribution >= 0.6 is 0 Å². The van der Waals surface area contributed by atoms with E-state index in [0.717, 1.165) is 29.3 Å². The monoisotopic (exact) mass is 459 g/mol. The molecule has 2 N–H and O–H groups in total. The Balaban J connectivity index is 1.24. The number of aryl methyl sites for hydroxylation is 2. The Hall–Kier alpha value is -4.40. The molecule has 1 amide bonds. The number of nitrogens with zero attached hydrogens (tertiary/aromatic N) is 3. The van der Waals surface area contributed by atoms with Gasteiger partial charge in [0.05, 0.1) is 16.6 Å². The molecule has 3 aromatic carbocycles. The van der Waals surface area contributed by atoms with Gasteiger partial charge in [0.1, 0.15) is 17.5 Å². The number of rotatable bonds is 6. The van der Waals surface area contributed by atoms with E-state index < -0.39 is 11.6 Å². The molecule has 0 saturated heterocycles. The van der Waals surface area contributed by atoms with Crippen molar-refractivity contribution in [3.05, 3.63) is 83.8 Å². The number of halogens is 2. The topological polar surface area (TPSA) is 96.7 Å². The van der Waals surface area contributed by atoms with Gasteiger partial charge in [-0.3, -0.25) is 4.79 Å². The summed E-state index contributed by atoms with van der Waals surface area (Å²) in [5.41, 5.74) is 3.66. The van der Waals surface area contributed by atoms with Crippen molar-refractivity contribution in [2.45, 2.75) is 19.8 Å². The molecule has 0 atom stereocenters.